The number of hydrogen-bond donors (Lipinski definition) is 2. The molecular weight excluding hydrogens is 246 g/mol. The van der Waals surface area contributed by atoms with E-state index in [1.54, 1.807) is 4.90 Å². The Morgan fingerprint density at radius 3 is 2.74 bits per heavy atom. The predicted molar refractivity (Wildman–Crippen MR) is 71.1 cm³/mol. The lowest BCUT2D eigenvalue weighted by molar-refractivity contribution is -0.117. The van der Waals surface area contributed by atoms with Gasteiger partial charge in [-0.15, -0.1) is 0 Å². The molecule has 0 radical (unpaired) electrons. The molecule has 1 aliphatic rings. The highest BCUT2D eigenvalue weighted by Gasteiger charge is 2.31. The number of carbonyl (C=O) groups is 2. The zero-order chi connectivity index (χ0) is 13.8. The molecule has 1 fully saturated rings. The summed E-state index contributed by atoms with van der Waals surface area (Å²) in [5, 5.41) is 2.56. The van der Waals surface area contributed by atoms with Crippen LogP contribution in [0.4, 0.5) is 10.5 Å². The second-order valence-corrected chi connectivity index (χ2v) is 4.34. The summed E-state index contributed by atoms with van der Waals surface area (Å²) in [6.45, 7) is 2.96. The van der Waals surface area contributed by atoms with Crippen molar-refractivity contribution in [2.45, 2.75) is 19.4 Å². The molecule has 3 N–H and O–H groups in total. The Bertz CT molecular complexity index is 473. The summed E-state index contributed by atoms with van der Waals surface area (Å²) in [5.41, 5.74) is 5.85. The number of nitrogens with one attached hydrogen (secondary N) is 1. The summed E-state index contributed by atoms with van der Waals surface area (Å²) in [5.74, 6) is 0.743. The van der Waals surface area contributed by atoms with E-state index in [4.69, 9.17) is 10.5 Å². The third kappa shape index (κ3) is 3.15. The highest BCUT2D eigenvalue weighted by molar-refractivity contribution is 5.96. The SMILES string of the molecule is CCOc1ccc(N2C[C@@H](NC(N)=O)CC2=O)cc1. The fourth-order valence-electron chi connectivity index (χ4n) is 2.14. The third-order valence-corrected chi connectivity index (χ3v) is 2.93. The number of nitrogens with two attached hydrogens (primary N) is 1. The van der Waals surface area contributed by atoms with Crippen molar-refractivity contribution in [3.8, 4) is 5.75 Å². The Hall–Kier alpha value is -2.24. The van der Waals surface area contributed by atoms with Crippen LogP contribution in [0.2, 0.25) is 0 Å². The highest BCUT2D eigenvalue weighted by atomic mass is 16.5. The minimum atomic E-state index is -0.605. The number of rotatable bonds is 4. The molecule has 1 saturated heterocycles. The van der Waals surface area contributed by atoms with Gasteiger partial charge in [-0.25, -0.2) is 4.79 Å². The van der Waals surface area contributed by atoms with Crippen LogP contribution in [0.3, 0.4) is 0 Å². The summed E-state index contributed by atoms with van der Waals surface area (Å²) in [6, 6.07) is 6.47. The van der Waals surface area contributed by atoms with Gasteiger partial charge in [0.15, 0.2) is 0 Å². The van der Waals surface area contributed by atoms with E-state index in [2.05, 4.69) is 5.32 Å². The second-order valence-electron chi connectivity index (χ2n) is 4.34. The monoisotopic (exact) mass is 263 g/mol. The molecule has 0 bridgehead atoms. The molecule has 1 aromatic rings. The van der Waals surface area contributed by atoms with Crippen LogP contribution < -0.4 is 20.7 Å². The molecule has 0 saturated carbocycles. The van der Waals surface area contributed by atoms with Crippen LogP contribution >= 0.6 is 0 Å². The molecule has 102 valence electrons. The zero-order valence-corrected chi connectivity index (χ0v) is 10.8. The van der Waals surface area contributed by atoms with Gasteiger partial charge >= 0.3 is 6.03 Å². The molecule has 19 heavy (non-hydrogen) atoms. The summed E-state index contributed by atoms with van der Waals surface area (Å²) in [7, 11) is 0. The number of nitrogens with zero attached hydrogens (tertiary/aromatic N) is 1. The predicted octanol–water partition coefficient (Wildman–Crippen LogP) is 0.859. The fraction of sp³-hybridized carbons (Fsp3) is 0.385. The largest absolute Gasteiger partial charge is 0.494 e. The number of primary amides is 1. The lowest BCUT2D eigenvalue weighted by atomic mass is 10.2. The van der Waals surface area contributed by atoms with Crippen molar-refractivity contribution in [1.82, 2.24) is 5.32 Å². The molecule has 3 amide bonds. The van der Waals surface area contributed by atoms with Crippen molar-refractivity contribution in [2.24, 2.45) is 5.73 Å². The highest BCUT2D eigenvalue weighted by Crippen LogP contribution is 2.24. The van der Waals surface area contributed by atoms with Crippen LogP contribution in [0.25, 0.3) is 0 Å². The van der Waals surface area contributed by atoms with Gasteiger partial charge in [-0.2, -0.15) is 0 Å². The molecular formula is C13H17N3O3. The van der Waals surface area contributed by atoms with E-state index in [0.29, 0.717) is 13.2 Å². The standard InChI is InChI=1S/C13H17N3O3/c1-2-19-11-5-3-10(4-6-11)16-8-9(7-12(16)17)15-13(14)18/h3-6,9H,2,7-8H2,1H3,(H3,14,15,18)/t9-/m0/s1. The molecule has 6 heteroatoms. The lowest BCUT2D eigenvalue weighted by Gasteiger charge is -2.17. The van der Waals surface area contributed by atoms with Crippen molar-refractivity contribution in [1.29, 1.82) is 0 Å². The van der Waals surface area contributed by atoms with Crippen molar-refractivity contribution in [3.05, 3.63) is 24.3 Å². The fourth-order valence-corrected chi connectivity index (χ4v) is 2.14. The summed E-state index contributed by atoms with van der Waals surface area (Å²) in [4.78, 5) is 24.3. The van der Waals surface area contributed by atoms with Crippen molar-refractivity contribution in [3.63, 3.8) is 0 Å². The van der Waals surface area contributed by atoms with Crippen molar-refractivity contribution >= 4 is 17.6 Å². The molecule has 0 spiro atoms. The Morgan fingerprint density at radius 2 is 2.16 bits per heavy atom. The van der Waals surface area contributed by atoms with Gasteiger partial charge in [-0.3, -0.25) is 4.79 Å². The molecule has 2 rings (SSSR count). The smallest absolute Gasteiger partial charge is 0.312 e. The van der Waals surface area contributed by atoms with Gasteiger partial charge in [-0.1, -0.05) is 0 Å². The topological polar surface area (TPSA) is 84.7 Å². The summed E-state index contributed by atoms with van der Waals surface area (Å²) < 4.78 is 5.35. The number of carbonyl (C=O) groups excluding carboxylic acids is 2. The molecule has 1 aliphatic heterocycles. The van der Waals surface area contributed by atoms with Crippen LogP contribution in [0.1, 0.15) is 13.3 Å². The number of hydrogen-bond acceptors (Lipinski definition) is 3. The first-order valence-electron chi connectivity index (χ1n) is 6.19. The quantitative estimate of drug-likeness (QED) is 0.845. The van der Waals surface area contributed by atoms with Crippen molar-refractivity contribution in [2.75, 3.05) is 18.1 Å². The van der Waals surface area contributed by atoms with Gasteiger partial charge in [0.25, 0.3) is 0 Å². The van der Waals surface area contributed by atoms with Gasteiger partial charge in [0.05, 0.1) is 12.6 Å². The first-order valence-corrected chi connectivity index (χ1v) is 6.19. The van der Waals surface area contributed by atoms with E-state index in [-0.39, 0.29) is 18.4 Å². The molecule has 0 aromatic heterocycles. The Labute approximate surface area is 111 Å². The lowest BCUT2D eigenvalue weighted by Crippen LogP contribution is -2.40. The molecule has 1 aromatic carbocycles. The van der Waals surface area contributed by atoms with Gasteiger partial charge in [0.1, 0.15) is 5.75 Å². The van der Waals surface area contributed by atoms with E-state index < -0.39 is 6.03 Å². The minimum Gasteiger partial charge on any atom is -0.494 e. The maximum absolute atomic E-state index is 11.9. The first kappa shape index (κ1) is 13.2. The van der Waals surface area contributed by atoms with Crippen LogP contribution in [-0.2, 0) is 4.79 Å². The van der Waals surface area contributed by atoms with Gasteiger partial charge in [-0.05, 0) is 31.2 Å². The van der Waals surface area contributed by atoms with Crippen LogP contribution in [-0.4, -0.2) is 31.1 Å². The van der Waals surface area contributed by atoms with Gasteiger partial charge in [0, 0.05) is 18.7 Å². The van der Waals surface area contributed by atoms with Crippen molar-refractivity contribution < 1.29 is 14.3 Å². The van der Waals surface area contributed by atoms with Gasteiger partial charge in [0.2, 0.25) is 5.91 Å². The second kappa shape index (κ2) is 5.60. The first-order chi connectivity index (χ1) is 9.10. The van der Waals surface area contributed by atoms with E-state index in [1.165, 1.54) is 0 Å². The molecule has 0 aliphatic carbocycles. The molecule has 1 heterocycles. The summed E-state index contributed by atoms with van der Waals surface area (Å²) >= 11 is 0. The van der Waals surface area contributed by atoms with E-state index in [1.807, 2.05) is 31.2 Å². The number of urea groups is 1. The average molecular weight is 263 g/mol. The average Bonchev–Trinajstić information content (AvgIpc) is 2.71. The van der Waals surface area contributed by atoms with E-state index >= 15 is 0 Å². The van der Waals surface area contributed by atoms with Crippen LogP contribution in [0, 0.1) is 0 Å². The van der Waals surface area contributed by atoms with Crippen LogP contribution in [0.15, 0.2) is 24.3 Å². The molecule has 6 nitrogen and oxygen atoms in total. The number of anilines is 1. The van der Waals surface area contributed by atoms with E-state index in [9.17, 15) is 9.59 Å². The van der Waals surface area contributed by atoms with E-state index in [0.717, 1.165) is 11.4 Å². The third-order valence-electron chi connectivity index (χ3n) is 2.93. The van der Waals surface area contributed by atoms with Gasteiger partial charge < -0.3 is 20.7 Å². The molecule has 1 atom stereocenters. The minimum absolute atomic E-state index is 0.0251. The molecule has 0 unspecified atom stereocenters. The number of amides is 3. The Morgan fingerprint density at radius 1 is 1.47 bits per heavy atom. The Balaban J connectivity index is 2.05. The zero-order valence-electron chi connectivity index (χ0n) is 10.8. The normalized spacial score (nSPS) is 18.5. The maximum atomic E-state index is 11.9. The number of ether oxygens (including phenoxy) is 1. The Kier molecular flexibility index (Phi) is 3.89. The number of benzene rings is 1. The maximum Gasteiger partial charge on any atom is 0.312 e. The summed E-state index contributed by atoms with van der Waals surface area (Å²) in [6.07, 6.45) is 0.274. The van der Waals surface area contributed by atoms with Crippen LogP contribution in [0.5, 0.6) is 5.75 Å².